The summed E-state index contributed by atoms with van der Waals surface area (Å²) in [6.07, 6.45) is 2.49. The van der Waals surface area contributed by atoms with Gasteiger partial charge in [0.1, 0.15) is 12.4 Å². The average Bonchev–Trinajstić information content (AvgIpc) is 3.27. The molecule has 3 aliphatic rings. The molecule has 1 N–H and O–H groups in total. The van der Waals surface area contributed by atoms with Gasteiger partial charge in [0.15, 0.2) is 0 Å². The molecule has 0 amide bonds. The molecule has 0 bridgehead atoms. The average molecular weight is 410 g/mol. The maximum atomic E-state index is 14.9. The quantitative estimate of drug-likeness (QED) is 0.824. The van der Waals surface area contributed by atoms with Crippen LogP contribution in [0.25, 0.3) is 0 Å². The first-order valence-electron chi connectivity index (χ1n) is 10.5. The molecule has 4 atom stereocenters. The number of aliphatic carboxylic acids is 1. The SMILES string of the molecule is CC1c2cc(COc3cc4c(cn3)[C@H]3[C@@H](C4)[C@@H]3C(=O)O)c(F)cc2C(C)(C)CN1C. The van der Waals surface area contributed by atoms with Crippen LogP contribution in [0, 0.1) is 17.7 Å². The Hall–Kier alpha value is -2.47. The van der Waals surface area contributed by atoms with Crippen molar-refractivity contribution >= 4 is 5.97 Å². The number of halogens is 1. The number of carboxylic acids is 1. The third kappa shape index (κ3) is 2.92. The van der Waals surface area contributed by atoms with Crippen LogP contribution in [0.4, 0.5) is 4.39 Å². The number of likely N-dealkylation sites (N-methyl/N-ethyl adjacent to an activating group) is 1. The molecular weight excluding hydrogens is 383 g/mol. The van der Waals surface area contributed by atoms with Crippen LogP contribution in [0.15, 0.2) is 24.4 Å². The molecule has 2 aliphatic carbocycles. The second-order valence-electron chi connectivity index (χ2n) is 9.77. The van der Waals surface area contributed by atoms with Crippen LogP contribution in [0.2, 0.25) is 0 Å². The van der Waals surface area contributed by atoms with Gasteiger partial charge in [0.25, 0.3) is 0 Å². The van der Waals surface area contributed by atoms with Gasteiger partial charge >= 0.3 is 5.97 Å². The van der Waals surface area contributed by atoms with Gasteiger partial charge in [0.05, 0.1) is 5.92 Å². The van der Waals surface area contributed by atoms with Crippen molar-refractivity contribution in [1.29, 1.82) is 0 Å². The van der Waals surface area contributed by atoms with Crippen molar-refractivity contribution in [2.75, 3.05) is 13.6 Å². The summed E-state index contributed by atoms with van der Waals surface area (Å²) < 4.78 is 20.7. The third-order valence-electron chi connectivity index (χ3n) is 7.35. The Morgan fingerprint density at radius 3 is 2.83 bits per heavy atom. The van der Waals surface area contributed by atoms with E-state index in [0.717, 1.165) is 35.2 Å². The van der Waals surface area contributed by atoms with Gasteiger partial charge in [-0.1, -0.05) is 13.8 Å². The van der Waals surface area contributed by atoms with Crippen LogP contribution in [0.3, 0.4) is 0 Å². The zero-order valence-corrected chi connectivity index (χ0v) is 17.8. The predicted octanol–water partition coefficient (Wildman–Crippen LogP) is 4.05. The Balaban J connectivity index is 1.35. The summed E-state index contributed by atoms with van der Waals surface area (Å²) >= 11 is 0. The van der Waals surface area contributed by atoms with Gasteiger partial charge < -0.3 is 9.84 Å². The predicted molar refractivity (Wildman–Crippen MR) is 110 cm³/mol. The number of aromatic nitrogens is 1. The maximum Gasteiger partial charge on any atom is 0.307 e. The van der Waals surface area contributed by atoms with E-state index in [-0.39, 0.29) is 41.6 Å². The first-order valence-corrected chi connectivity index (χ1v) is 10.5. The highest BCUT2D eigenvalue weighted by Gasteiger charge is 2.59. The molecule has 0 spiro atoms. The lowest BCUT2D eigenvalue weighted by Crippen LogP contribution is -2.42. The zero-order valence-electron chi connectivity index (χ0n) is 17.8. The number of fused-ring (bicyclic) bond motifs is 4. The number of carbonyl (C=O) groups is 1. The fraction of sp³-hybridized carbons (Fsp3) is 0.500. The monoisotopic (exact) mass is 410 g/mol. The molecule has 1 saturated carbocycles. The molecule has 2 heterocycles. The van der Waals surface area contributed by atoms with E-state index in [1.54, 1.807) is 12.3 Å². The minimum atomic E-state index is -0.720. The molecule has 5 rings (SSSR count). The van der Waals surface area contributed by atoms with Gasteiger partial charge in [-0.2, -0.15) is 0 Å². The van der Waals surface area contributed by atoms with E-state index in [4.69, 9.17) is 4.74 Å². The van der Waals surface area contributed by atoms with Crippen molar-refractivity contribution in [2.45, 2.75) is 51.2 Å². The van der Waals surface area contributed by atoms with E-state index in [1.807, 2.05) is 12.1 Å². The summed E-state index contributed by atoms with van der Waals surface area (Å²) in [5.74, 6) is -0.481. The highest BCUT2D eigenvalue weighted by Crippen LogP contribution is 2.61. The number of carboxylic acid groups (broad SMARTS) is 1. The normalized spacial score (nSPS) is 28.4. The van der Waals surface area contributed by atoms with Gasteiger partial charge in [0.2, 0.25) is 5.88 Å². The second-order valence-corrected chi connectivity index (χ2v) is 9.77. The maximum absolute atomic E-state index is 14.9. The van der Waals surface area contributed by atoms with Crippen LogP contribution >= 0.6 is 0 Å². The van der Waals surface area contributed by atoms with Crippen LogP contribution in [-0.2, 0) is 23.2 Å². The lowest BCUT2D eigenvalue weighted by Gasteiger charge is -2.42. The number of hydrogen-bond donors (Lipinski definition) is 1. The number of pyridine rings is 1. The standard InChI is InChI=1S/C24H27FN2O3/c1-12-15-6-14(19(25)8-18(15)24(2,3)11-27(12)4)10-30-20-7-13-5-16-21(17(13)9-26-20)22(16)23(28)29/h6-9,12,16,21-22H,5,10-11H2,1-4H3,(H,28,29)/t12?,16-,21-,22+/m1/s1. The Morgan fingerprint density at radius 2 is 2.10 bits per heavy atom. The van der Waals surface area contributed by atoms with E-state index in [9.17, 15) is 14.3 Å². The van der Waals surface area contributed by atoms with E-state index in [1.165, 1.54) is 0 Å². The van der Waals surface area contributed by atoms with Crippen molar-refractivity contribution in [2.24, 2.45) is 11.8 Å². The van der Waals surface area contributed by atoms with E-state index in [2.05, 4.69) is 37.7 Å². The Labute approximate surface area is 175 Å². The summed E-state index contributed by atoms with van der Waals surface area (Å²) in [7, 11) is 2.10. The molecule has 1 aliphatic heterocycles. The molecule has 30 heavy (non-hydrogen) atoms. The first-order chi connectivity index (χ1) is 14.2. The molecule has 5 nitrogen and oxygen atoms in total. The topological polar surface area (TPSA) is 62.7 Å². The summed E-state index contributed by atoms with van der Waals surface area (Å²) in [5, 5.41) is 9.24. The number of hydrogen-bond acceptors (Lipinski definition) is 4. The van der Waals surface area contributed by atoms with Crippen LogP contribution in [0.5, 0.6) is 5.88 Å². The van der Waals surface area contributed by atoms with Gasteiger partial charge in [-0.25, -0.2) is 9.37 Å². The lowest BCUT2D eigenvalue weighted by molar-refractivity contribution is -0.139. The zero-order chi connectivity index (χ0) is 21.4. The number of benzene rings is 1. The van der Waals surface area contributed by atoms with Gasteiger partial charge in [-0.3, -0.25) is 9.69 Å². The number of ether oxygens (including phenoxy) is 1. The molecule has 0 saturated heterocycles. The van der Waals surface area contributed by atoms with Crippen molar-refractivity contribution < 1.29 is 19.0 Å². The highest BCUT2D eigenvalue weighted by atomic mass is 19.1. The molecule has 1 fully saturated rings. The summed E-state index contributed by atoms with van der Waals surface area (Å²) in [6.45, 7) is 7.45. The summed E-state index contributed by atoms with van der Waals surface area (Å²) in [4.78, 5) is 17.9. The van der Waals surface area contributed by atoms with Gasteiger partial charge in [0, 0.05) is 41.7 Å². The molecule has 1 aromatic carbocycles. The van der Waals surface area contributed by atoms with Crippen LogP contribution < -0.4 is 4.74 Å². The van der Waals surface area contributed by atoms with Crippen LogP contribution in [-0.4, -0.2) is 34.6 Å². The second kappa shape index (κ2) is 6.51. The van der Waals surface area contributed by atoms with Gasteiger partial charge in [-0.05, 0) is 60.7 Å². The largest absolute Gasteiger partial charge is 0.481 e. The minimum Gasteiger partial charge on any atom is -0.481 e. The molecule has 6 heteroatoms. The fourth-order valence-electron chi connectivity index (χ4n) is 5.60. The van der Waals surface area contributed by atoms with Gasteiger partial charge in [-0.15, -0.1) is 0 Å². The molecule has 0 radical (unpaired) electrons. The van der Waals surface area contributed by atoms with E-state index >= 15 is 0 Å². The first kappa shape index (κ1) is 19.5. The number of nitrogens with zero attached hydrogens (tertiary/aromatic N) is 2. The van der Waals surface area contributed by atoms with Crippen LogP contribution in [0.1, 0.15) is 60.5 Å². The molecule has 158 valence electrons. The summed E-state index contributed by atoms with van der Waals surface area (Å²) in [5.41, 5.74) is 4.78. The molecule has 2 aromatic rings. The third-order valence-corrected chi connectivity index (χ3v) is 7.35. The summed E-state index contributed by atoms with van der Waals surface area (Å²) in [6, 6.07) is 5.72. The Bertz CT molecular complexity index is 1050. The molecule has 1 unspecified atom stereocenters. The van der Waals surface area contributed by atoms with Crippen molar-refractivity contribution in [3.05, 3.63) is 58.0 Å². The molecule has 1 aromatic heterocycles. The fourth-order valence-corrected chi connectivity index (χ4v) is 5.60. The smallest absolute Gasteiger partial charge is 0.307 e. The van der Waals surface area contributed by atoms with Crippen molar-refractivity contribution in [3.63, 3.8) is 0 Å². The Morgan fingerprint density at radius 1 is 1.33 bits per heavy atom. The minimum absolute atomic E-state index is 0.0963. The molecular formula is C24H27FN2O3. The number of rotatable bonds is 4. The highest BCUT2D eigenvalue weighted by molar-refractivity contribution is 5.77. The van der Waals surface area contributed by atoms with Crippen molar-refractivity contribution in [3.8, 4) is 5.88 Å². The van der Waals surface area contributed by atoms with E-state index < -0.39 is 5.97 Å². The Kier molecular flexibility index (Phi) is 4.23. The van der Waals surface area contributed by atoms with Crippen molar-refractivity contribution in [1.82, 2.24) is 9.88 Å². The lowest BCUT2D eigenvalue weighted by atomic mass is 9.75. The van der Waals surface area contributed by atoms with E-state index in [0.29, 0.717) is 11.4 Å².